The average Bonchev–Trinajstić information content (AvgIpc) is 3.59. The molecule has 2 heterocycles. The number of tetrazole rings is 1. The standard InChI is InChI=1S/C27H22F3N7OS/c1-2-7-23-34-37(26(39-23)31-25(38)21-10-5-6-11-22(21)27(28,29)30)16-17-12-14-18(15-13-17)19-8-3-4-9-20(19)24-32-35-36-33-24/h3-6,8-15H,2,7,16H2,1H3,(H,32,33,35,36). The predicted molar refractivity (Wildman–Crippen MR) is 140 cm³/mol. The highest BCUT2D eigenvalue weighted by molar-refractivity contribution is 7.08. The second kappa shape index (κ2) is 11.1. The van der Waals surface area contributed by atoms with Crippen molar-refractivity contribution in [3.8, 4) is 22.5 Å². The van der Waals surface area contributed by atoms with E-state index in [4.69, 9.17) is 0 Å². The summed E-state index contributed by atoms with van der Waals surface area (Å²) in [4.78, 5) is 17.2. The van der Waals surface area contributed by atoms with E-state index in [0.717, 1.165) is 45.8 Å². The van der Waals surface area contributed by atoms with Crippen LogP contribution >= 0.6 is 11.3 Å². The van der Waals surface area contributed by atoms with Gasteiger partial charge >= 0.3 is 6.18 Å². The molecule has 0 fully saturated rings. The normalized spacial score (nSPS) is 12.2. The van der Waals surface area contributed by atoms with Crippen LogP contribution in [0.15, 0.2) is 77.8 Å². The minimum Gasteiger partial charge on any atom is -0.267 e. The Balaban J connectivity index is 1.46. The summed E-state index contributed by atoms with van der Waals surface area (Å²) in [6.45, 7) is 2.29. The quantitative estimate of drug-likeness (QED) is 0.287. The summed E-state index contributed by atoms with van der Waals surface area (Å²) in [6, 6.07) is 20.1. The summed E-state index contributed by atoms with van der Waals surface area (Å²) in [5, 5.41) is 19.6. The Morgan fingerprint density at radius 2 is 1.72 bits per heavy atom. The lowest BCUT2D eigenvalue weighted by Crippen LogP contribution is -2.20. The first kappa shape index (κ1) is 26.2. The Kier molecular flexibility index (Phi) is 7.46. The second-order valence-corrected chi connectivity index (χ2v) is 9.66. The summed E-state index contributed by atoms with van der Waals surface area (Å²) in [5.41, 5.74) is 2.08. The number of nitrogens with zero attached hydrogens (tertiary/aromatic N) is 6. The van der Waals surface area contributed by atoms with Crippen LogP contribution < -0.4 is 4.80 Å². The van der Waals surface area contributed by atoms with Crippen molar-refractivity contribution >= 4 is 17.2 Å². The van der Waals surface area contributed by atoms with E-state index >= 15 is 0 Å². The zero-order valence-corrected chi connectivity index (χ0v) is 21.5. The monoisotopic (exact) mass is 549 g/mol. The summed E-state index contributed by atoms with van der Waals surface area (Å²) in [5.74, 6) is -0.476. The average molecular weight is 550 g/mol. The molecule has 0 spiro atoms. The van der Waals surface area contributed by atoms with Crippen LogP contribution in [0.3, 0.4) is 0 Å². The van der Waals surface area contributed by atoms with Crippen LogP contribution in [0.1, 0.15) is 39.8 Å². The number of amides is 1. The number of carbonyl (C=O) groups is 1. The van der Waals surface area contributed by atoms with E-state index in [1.807, 2.05) is 55.5 Å². The number of aromatic nitrogens is 6. The zero-order valence-electron chi connectivity index (χ0n) is 20.7. The molecule has 8 nitrogen and oxygen atoms in total. The number of carbonyl (C=O) groups excluding carboxylic acids is 1. The van der Waals surface area contributed by atoms with Gasteiger partial charge in [0.25, 0.3) is 5.91 Å². The maximum absolute atomic E-state index is 13.5. The first-order chi connectivity index (χ1) is 18.8. The number of H-pyrrole nitrogens is 1. The van der Waals surface area contributed by atoms with Gasteiger partial charge < -0.3 is 0 Å². The first-order valence-electron chi connectivity index (χ1n) is 12.1. The zero-order chi connectivity index (χ0) is 27.4. The summed E-state index contributed by atoms with van der Waals surface area (Å²) >= 11 is 1.20. The SMILES string of the molecule is CCCc1nn(Cc2ccc(-c3ccccc3-c3nn[nH]n3)cc2)c(=NC(=O)c2ccccc2C(F)(F)F)s1. The molecule has 5 aromatic rings. The van der Waals surface area contributed by atoms with Gasteiger partial charge in [0.2, 0.25) is 10.6 Å². The Morgan fingerprint density at radius 1 is 1.00 bits per heavy atom. The highest BCUT2D eigenvalue weighted by Crippen LogP contribution is 2.32. The molecule has 0 aliphatic carbocycles. The van der Waals surface area contributed by atoms with Gasteiger partial charge in [0.15, 0.2) is 0 Å². The molecule has 0 unspecified atom stereocenters. The molecule has 0 radical (unpaired) electrons. The van der Waals surface area contributed by atoms with Gasteiger partial charge in [-0.05, 0) is 40.5 Å². The number of hydrogen-bond acceptors (Lipinski definition) is 6. The maximum atomic E-state index is 13.5. The van der Waals surface area contributed by atoms with Crippen LogP contribution in [-0.2, 0) is 19.1 Å². The highest BCUT2D eigenvalue weighted by atomic mass is 32.1. The largest absolute Gasteiger partial charge is 0.417 e. The summed E-state index contributed by atoms with van der Waals surface area (Å²) in [7, 11) is 0. The van der Waals surface area contributed by atoms with Crippen molar-refractivity contribution in [1.29, 1.82) is 0 Å². The van der Waals surface area contributed by atoms with Crippen molar-refractivity contribution in [2.45, 2.75) is 32.5 Å². The van der Waals surface area contributed by atoms with E-state index in [1.54, 1.807) is 4.68 Å². The van der Waals surface area contributed by atoms with Gasteiger partial charge in [0, 0.05) is 12.0 Å². The number of aryl methyl sites for hydroxylation is 1. The lowest BCUT2D eigenvalue weighted by molar-refractivity contribution is -0.137. The van der Waals surface area contributed by atoms with Crippen LogP contribution in [0, 0.1) is 0 Å². The molecule has 198 valence electrons. The lowest BCUT2D eigenvalue weighted by atomic mass is 9.98. The Hall–Kier alpha value is -4.45. The fourth-order valence-corrected chi connectivity index (χ4v) is 5.08. The van der Waals surface area contributed by atoms with Crippen LogP contribution in [0.5, 0.6) is 0 Å². The van der Waals surface area contributed by atoms with Gasteiger partial charge in [-0.25, -0.2) is 4.68 Å². The van der Waals surface area contributed by atoms with Crippen molar-refractivity contribution in [3.63, 3.8) is 0 Å². The number of alkyl halides is 3. The van der Waals surface area contributed by atoms with Gasteiger partial charge in [-0.2, -0.15) is 28.5 Å². The van der Waals surface area contributed by atoms with Crippen LogP contribution in [0.2, 0.25) is 0 Å². The minimum absolute atomic E-state index is 0.243. The van der Waals surface area contributed by atoms with E-state index in [-0.39, 0.29) is 4.80 Å². The molecular weight excluding hydrogens is 527 g/mol. The molecule has 0 aliphatic heterocycles. The van der Waals surface area contributed by atoms with Crippen molar-refractivity contribution in [1.82, 2.24) is 30.4 Å². The molecule has 5 rings (SSSR count). The fraction of sp³-hybridized carbons (Fsp3) is 0.185. The Morgan fingerprint density at radius 3 is 2.41 bits per heavy atom. The van der Waals surface area contributed by atoms with E-state index in [9.17, 15) is 18.0 Å². The molecule has 1 amide bonds. The smallest absolute Gasteiger partial charge is 0.267 e. The molecular formula is C27H22F3N7OS. The number of hydrogen-bond donors (Lipinski definition) is 1. The molecule has 0 saturated heterocycles. The Bertz CT molecular complexity index is 1660. The highest BCUT2D eigenvalue weighted by Gasteiger charge is 2.34. The first-order valence-corrected chi connectivity index (χ1v) is 12.9. The minimum atomic E-state index is -4.66. The third-order valence-electron chi connectivity index (χ3n) is 5.90. The summed E-state index contributed by atoms with van der Waals surface area (Å²) in [6.07, 6.45) is -3.17. The number of benzene rings is 3. The molecule has 2 aromatic heterocycles. The number of nitrogens with one attached hydrogen (secondary N) is 1. The molecule has 3 aromatic carbocycles. The molecule has 39 heavy (non-hydrogen) atoms. The van der Waals surface area contributed by atoms with Gasteiger partial charge in [-0.3, -0.25) is 4.79 Å². The van der Waals surface area contributed by atoms with Crippen molar-refractivity contribution in [2.75, 3.05) is 0 Å². The third kappa shape index (κ3) is 5.85. The van der Waals surface area contributed by atoms with Gasteiger partial charge in [0.05, 0.1) is 17.7 Å². The lowest BCUT2D eigenvalue weighted by Gasteiger charge is -2.10. The molecule has 12 heteroatoms. The van der Waals surface area contributed by atoms with Crippen LogP contribution in [0.4, 0.5) is 13.2 Å². The molecule has 0 bridgehead atoms. The fourth-order valence-electron chi connectivity index (χ4n) is 4.09. The van der Waals surface area contributed by atoms with E-state index in [2.05, 4.69) is 30.7 Å². The van der Waals surface area contributed by atoms with E-state index < -0.39 is 23.2 Å². The van der Waals surface area contributed by atoms with Gasteiger partial charge in [-0.15, -0.1) is 10.2 Å². The van der Waals surface area contributed by atoms with E-state index in [1.165, 1.54) is 23.5 Å². The molecule has 0 saturated carbocycles. The predicted octanol–water partition coefficient (Wildman–Crippen LogP) is 5.55. The maximum Gasteiger partial charge on any atom is 0.417 e. The molecule has 0 aliphatic rings. The second-order valence-electron chi connectivity index (χ2n) is 8.62. The number of aromatic amines is 1. The van der Waals surface area contributed by atoms with Crippen LogP contribution in [-0.4, -0.2) is 36.3 Å². The van der Waals surface area contributed by atoms with Crippen molar-refractivity contribution in [3.05, 3.63) is 99.3 Å². The van der Waals surface area contributed by atoms with Gasteiger partial charge in [0.1, 0.15) is 5.01 Å². The number of halogens is 3. The van der Waals surface area contributed by atoms with Crippen molar-refractivity contribution < 1.29 is 18.0 Å². The molecule has 0 atom stereocenters. The third-order valence-corrected chi connectivity index (χ3v) is 6.90. The van der Waals surface area contributed by atoms with E-state index in [0.29, 0.717) is 18.8 Å². The molecule has 1 N–H and O–H groups in total. The van der Waals surface area contributed by atoms with Crippen LogP contribution in [0.25, 0.3) is 22.5 Å². The topological polar surface area (TPSA) is 102 Å². The Labute approximate surface area is 224 Å². The summed E-state index contributed by atoms with van der Waals surface area (Å²) < 4.78 is 41.9. The number of rotatable bonds is 7. The van der Waals surface area contributed by atoms with Gasteiger partial charge in [-0.1, -0.05) is 78.9 Å². The van der Waals surface area contributed by atoms with Crippen molar-refractivity contribution in [2.24, 2.45) is 4.99 Å².